The van der Waals surface area contributed by atoms with Gasteiger partial charge in [0, 0.05) is 10.5 Å². The first-order valence-electron chi connectivity index (χ1n) is 5.68. The number of ether oxygens (including phenoxy) is 2. The average Bonchev–Trinajstić information content (AvgIpc) is 2.84. The third-order valence-corrected chi connectivity index (χ3v) is 3.62. The quantitative estimate of drug-likeness (QED) is 0.596. The van der Waals surface area contributed by atoms with Crippen molar-refractivity contribution in [3.05, 3.63) is 45.0 Å². The highest BCUT2D eigenvalue weighted by Crippen LogP contribution is 2.36. The monoisotopic (exact) mass is 318 g/mol. The standard InChI is InChI=1S/C14H7BrO4/c15-7-1-2-8-10(3-7)19-11-5-13-12(17-6-18-13)4-9(11)14(8)16/h1-5H,6H2. The van der Waals surface area contributed by atoms with Crippen LogP contribution in [0.1, 0.15) is 0 Å². The lowest BCUT2D eigenvalue weighted by Gasteiger charge is -2.03. The van der Waals surface area contributed by atoms with Crippen molar-refractivity contribution in [3.8, 4) is 11.5 Å². The fourth-order valence-electron chi connectivity index (χ4n) is 2.22. The van der Waals surface area contributed by atoms with E-state index in [0.717, 1.165) is 4.47 Å². The summed E-state index contributed by atoms with van der Waals surface area (Å²) in [7, 11) is 0. The summed E-state index contributed by atoms with van der Waals surface area (Å²) in [5.41, 5.74) is 0.979. The summed E-state index contributed by atoms with van der Waals surface area (Å²) in [4.78, 5) is 12.4. The molecule has 0 bridgehead atoms. The molecule has 1 aromatic heterocycles. The highest BCUT2D eigenvalue weighted by Gasteiger charge is 2.17. The molecule has 0 amide bonds. The van der Waals surface area contributed by atoms with Gasteiger partial charge in [-0.2, -0.15) is 0 Å². The SMILES string of the molecule is O=c1c2ccc(Br)cc2oc2cc3c(cc12)OCO3. The second kappa shape index (κ2) is 3.74. The van der Waals surface area contributed by atoms with Crippen molar-refractivity contribution in [2.45, 2.75) is 0 Å². The van der Waals surface area contributed by atoms with Crippen molar-refractivity contribution in [2.75, 3.05) is 6.79 Å². The van der Waals surface area contributed by atoms with E-state index in [0.29, 0.717) is 33.4 Å². The predicted octanol–water partition coefficient (Wildman–Crippen LogP) is 3.44. The largest absolute Gasteiger partial charge is 0.456 e. The van der Waals surface area contributed by atoms with Crippen molar-refractivity contribution in [1.29, 1.82) is 0 Å². The van der Waals surface area contributed by atoms with Crippen LogP contribution >= 0.6 is 15.9 Å². The van der Waals surface area contributed by atoms with Gasteiger partial charge in [-0.1, -0.05) is 15.9 Å². The van der Waals surface area contributed by atoms with Crippen LogP contribution in [0.4, 0.5) is 0 Å². The van der Waals surface area contributed by atoms with Gasteiger partial charge in [0.1, 0.15) is 11.2 Å². The van der Waals surface area contributed by atoms with Gasteiger partial charge in [-0.05, 0) is 24.3 Å². The van der Waals surface area contributed by atoms with E-state index in [-0.39, 0.29) is 12.2 Å². The molecule has 0 N–H and O–H groups in total. The Bertz CT molecular complexity index is 882. The topological polar surface area (TPSA) is 48.7 Å². The van der Waals surface area contributed by atoms with Crippen LogP contribution < -0.4 is 14.9 Å². The van der Waals surface area contributed by atoms with E-state index in [1.807, 2.05) is 6.07 Å². The number of hydrogen-bond donors (Lipinski definition) is 0. The van der Waals surface area contributed by atoms with E-state index >= 15 is 0 Å². The first-order chi connectivity index (χ1) is 9.22. The molecule has 4 nitrogen and oxygen atoms in total. The van der Waals surface area contributed by atoms with Crippen molar-refractivity contribution in [1.82, 2.24) is 0 Å². The lowest BCUT2D eigenvalue weighted by molar-refractivity contribution is 0.174. The molecule has 1 aliphatic heterocycles. The van der Waals surface area contributed by atoms with Crippen LogP contribution in [0.25, 0.3) is 21.9 Å². The molecule has 0 radical (unpaired) electrons. The third kappa shape index (κ3) is 1.55. The molecular formula is C14H7BrO4. The predicted molar refractivity (Wildman–Crippen MR) is 73.8 cm³/mol. The molecule has 2 heterocycles. The zero-order valence-electron chi connectivity index (χ0n) is 9.60. The number of rotatable bonds is 0. The Morgan fingerprint density at radius 1 is 0.947 bits per heavy atom. The number of halogens is 1. The van der Waals surface area contributed by atoms with Crippen molar-refractivity contribution in [2.24, 2.45) is 0 Å². The first kappa shape index (κ1) is 10.9. The van der Waals surface area contributed by atoms with Gasteiger partial charge in [0.25, 0.3) is 0 Å². The summed E-state index contributed by atoms with van der Waals surface area (Å²) in [6.07, 6.45) is 0. The molecular weight excluding hydrogens is 312 g/mol. The van der Waals surface area contributed by atoms with Crippen molar-refractivity contribution in [3.63, 3.8) is 0 Å². The highest BCUT2D eigenvalue weighted by molar-refractivity contribution is 9.10. The minimum absolute atomic E-state index is 0.0675. The second-order valence-corrected chi connectivity index (χ2v) is 5.19. The molecule has 0 saturated carbocycles. The Morgan fingerprint density at radius 3 is 2.53 bits per heavy atom. The highest BCUT2D eigenvalue weighted by atomic mass is 79.9. The van der Waals surface area contributed by atoms with Gasteiger partial charge in [-0.25, -0.2) is 0 Å². The van der Waals surface area contributed by atoms with Crippen LogP contribution in [0.15, 0.2) is 44.0 Å². The van der Waals surface area contributed by atoms with Gasteiger partial charge in [0.2, 0.25) is 12.2 Å². The second-order valence-electron chi connectivity index (χ2n) is 4.27. The van der Waals surface area contributed by atoms with E-state index < -0.39 is 0 Å². The summed E-state index contributed by atoms with van der Waals surface area (Å²) >= 11 is 3.36. The van der Waals surface area contributed by atoms with Crippen LogP contribution in [0.3, 0.4) is 0 Å². The van der Waals surface area contributed by atoms with E-state index in [4.69, 9.17) is 13.9 Å². The van der Waals surface area contributed by atoms with Crippen LogP contribution in [-0.2, 0) is 0 Å². The Hall–Kier alpha value is -2.01. The Kier molecular flexibility index (Phi) is 2.14. The molecule has 19 heavy (non-hydrogen) atoms. The summed E-state index contributed by atoms with van der Waals surface area (Å²) < 4.78 is 17.2. The molecule has 94 valence electrons. The van der Waals surface area contributed by atoms with Gasteiger partial charge in [0.15, 0.2) is 11.5 Å². The smallest absolute Gasteiger partial charge is 0.231 e. The van der Waals surface area contributed by atoms with Gasteiger partial charge in [-0.3, -0.25) is 4.79 Å². The molecule has 0 aliphatic carbocycles. The van der Waals surface area contributed by atoms with Crippen molar-refractivity contribution >= 4 is 37.9 Å². The third-order valence-electron chi connectivity index (χ3n) is 3.13. The molecule has 0 saturated heterocycles. The maximum Gasteiger partial charge on any atom is 0.231 e. The molecule has 0 unspecified atom stereocenters. The van der Waals surface area contributed by atoms with Crippen LogP contribution in [0, 0.1) is 0 Å². The van der Waals surface area contributed by atoms with E-state index in [1.165, 1.54) is 0 Å². The first-order valence-corrected chi connectivity index (χ1v) is 6.47. The number of hydrogen-bond acceptors (Lipinski definition) is 4. The number of benzene rings is 2. The summed E-state index contributed by atoms with van der Waals surface area (Å²) in [6, 6.07) is 8.71. The van der Waals surface area contributed by atoms with E-state index in [2.05, 4.69) is 15.9 Å². The minimum atomic E-state index is -0.0675. The maximum absolute atomic E-state index is 12.4. The van der Waals surface area contributed by atoms with Gasteiger partial charge >= 0.3 is 0 Å². The summed E-state index contributed by atoms with van der Waals surface area (Å²) in [5, 5.41) is 1.05. The molecule has 3 aromatic rings. The molecule has 4 rings (SSSR count). The zero-order valence-corrected chi connectivity index (χ0v) is 11.2. The van der Waals surface area contributed by atoms with Gasteiger partial charge < -0.3 is 13.9 Å². The molecule has 1 aliphatic rings. The molecule has 2 aromatic carbocycles. The molecule has 5 heteroatoms. The molecule has 0 spiro atoms. The van der Waals surface area contributed by atoms with E-state index in [1.54, 1.807) is 24.3 Å². The lowest BCUT2D eigenvalue weighted by atomic mass is 10.1. The molecule has 0 fully saturated rings. The van der Waals surface area contributed by atoms with Crippen LogP contribution in [-0.4, -0.2) is 6.79 Å². The Balaban J connectivity index is 2.19. The van der Waals surface area contributed by atoms with Crippen LogP contribution in [0.2, 0.25) is 0 Å². The van der Waals surface area contributed by atoms with Crippen LogP contribution in [0.5, 0.6) is 11.5 Å². The number of fused-ring (bicyclic) bond motifs is 3. The maximum atomic E-state index is 12.4. The Labute approximate surface area is 115 Å². The zero-order chi connectivity index (χ0) is 13.0. The average molecular weight is 319 g/mol. The minimum Gasteiger partial charge on any atom is -0.456 e. The molecule has 0 atom stereocenters. The summed E-state index contributed by atoms with van der Waals surface area (Å²) in [5.74, 6) is 1.18. The van der Waals surface area contributed by atoms with Gasteiger partial charge in [0.05, 0.1) is 10.8 Å². The fourth-order valence-corrected chi connectivity index (χ4v) is 2.56. The Morgan fingerprint density at radius 2 is 1.68 bits per heavy atom. The van der Waals surface area contributed by atoms with E-state index in [9.17, 15) is 4.79 Å². The van der Waals surface area contributed by atoms with Crippen molar-refractivity contribution < 1.29 is 13.9 Å². The lowest BCUT2D eigenvalue weighted by Crippen LogP contribution is -2.01. The van der Waals surface area contributed by atoms with Gasteiger partial charge in [-0.15, -0.1) is 0 Å². The summed E-state index contributed by atoms with van der Waals surface area (Å²) in [6.45, 7) is 0.172. The fraction of sp³-hybridized carbons (Fsp3) is 0.0714. The normalized spacial score (nSPS) is 13.3.